The Morgan fingerprint density at radius 3 is 2.48 bits per heavy atom. The van der Waals surface area contributed by atoms with Crippen molar-refractivity contribution in [3.63, 3.8) is 0 Å². The maximum atomic E-state index is 5.78. The molecule has 2 aromatic rings. The summed E-state index contributed by atoms with van der Waals surface area (Å²) in [5, 5.41) is 7.02. The van der Waals surface area contributed by atoms with Crippen LogP contribution >= 0.6 is 31.9 Å². The number of nitrogens with zero attached hydrogens (tertiary/aromatic N) is 2. The predicted molar refractivity (Wildman–Crippen MR) is 87.3 cm³/mol. The van der Waals surface area contributed by atoms with E-state index in [2.05, 4.69) is 47.3 Å². The third kappa shape index (κ3) is 4.28. The van der Waals surface area contributed by atoms with Crippen molar-refractivity contribution in [2.24, 2.45) is 0 Å². The highest BCUT2D eigenvalue weighted by molar-refractivity contribution is 9.11. The van der Waals surface area contributed by atoms with Gasteiger partial charge in [0.05, 0.1) is 8.95 Å². The van der Waals surface area contributed by atoms with Crippen molar-refractivity contribution in [2.75, 3.05) is 7.05 Å². The first-order valence-electron chi connectivity index (χ1n) is 6.59. The maximum absolute atomic E-state index is 5.78. The summed E-state index contributed by atoms with van der Waals surface area (Å²) in [4.78, 5) is 4.29. The van der Waals surface area contributed by atoms with E-state index in [-0.39, 0.29) is 12.5 Å². The highest BCUT2D eigenvalue weighted by Crippen LogP contribution is 2.35. The molecular formula is C14H17Br2N3O2. The second-order valence-electron chi connectivity index (χ2n) is 4.91. The van der Waals surface area contributed by atoms with Crippen molar-refractivity contribution in [3.8, 4) is 5.75 Å². The Morgan fingerprint density at radius 2 is 1.95 bits per heavy atom. The average Bonchev–Trinajstić information content (AvgIpc) is 2.87. The van der Waals surface area contributed by atoms with Crippen molar-refractivity contribution >= 4 is 31.9 Å². The summed E-state index contributed by atoms with van der Waals surface area (Å²) in [5.41, 5.74) is 1.16. The van der Waals surface area contributed by atoms with Gasteiger partial charge < -0.3 is 14.6 Å². The minimum absolute atomic E-state index is 0.213. The Bertz CT molecular complexity index is 591. The Hall–Kier alpha value is -0.920. The van der Waals surface area contributed by atoms with Crippen LogP contribution in [0.3, 0.4) is 0 Å². The lowest BCUT2D eigenvalue weighted by molar-refractivity contribution is 0.281. The van der Waals surface area contributed by atoms with Gasteiger partial charge in [0, 0.05) is 12.5 Å². The lowest BCUT2D eigenvalue weighted by atomic mass is 10.2. The summed E-state index contributed by atoms with van der Waals surface area (Å²) < 4.78 is 12.7. The fourth-order valence-corrected chi connectivity index (χ4v) is 3.26. The third-order valence-electron chi connectivity index (χ3n) is 2.76. The Kier molecular flexibility index (Phi) is 5.78. The zero-order valence-electron chi connectivity index (χ0n) is 12.1. The topological polar surface area (TPSA) is 60.2 Å². The van der Waals surface area contributed by atoms with Crippen LogP contribution in [0.4, 0.5) is 0 Å². The van der Waals surface area contributed by atoms with Gasteiger partial charge in [-0.3, -0.25) is 0 Å². The molecule has 1 aromatic carbocycles. The van der Waals surface area contributed by atoms with Crippen LogP contribution in [-0.2, 0) is 13.2 Å². The molecule has 2 rings (SSSR count). The van der Waals surface area contributed by atoms with E-state index in [1.165, 1.54) is 0 Å². The molecule has 0 spiro atoms. The van der Waals surface area contributed by atoms with Crippen LogP contribution in [0.1, 0.15) is 37.0 Å². The zero-order chi connectivity index (χ0) is 15.4. The molecule has 0 aliphatic carbocycles. The quantitative estimate of drug-likeness (QED) is 0.767. The molecule has 1 N–H and O–H groups in total. The summed E-state index contributed by atoms with van der Waals surface area (Å²) in [6, 6.07) is 4.04. The zero-order valence-corrected chi connectivity index (χ0v) is 15.3. The summed E-state index contributed by atoms with van der Waals surface area (Å²) in [6.45, 7) is 5.07. The Morgan fingerprint density at radius 1 is 1.29 bits per heavy atom. The van der Waals surface area contributed by atoms with Crippen molar-refractivity contribution in [2.45, 2.75) is 32.9 Å². The van der Waals surface area contributed by atoms with Gasteiger partial charge in [-0.05, 0) is 56.6 Å². The van der Waals surface area contributed by atoms with E-state index in [1.54, 1.807) is 0 Å². The van der Waals surface area contributed by atoms with Gasteiger partial charge in [-0.25, -0.2) is 0 Å². The van der Waals surface area contributed by atoms with E-state index in [0.717, 1.165) is 26.8 Å². The molecule has 0 unspecified atom stereocenters. The van der Waals surface area contributed by atoms with E-state index in [9.17, 15) is 0 Å². The lowest BCUT2D eigenvalue weighted by Gasteiger charge is -2.11. The largest absolute Gasteiger partial charge is 0.483 e. The molecule has 114 valence electrons. The molecule has 0 fully saturated rings. The van der Waals surface area contributed by atoms with Gasteiger partial charge in [-0.1, -0.05) is 19.0 Å². The highest BCUT2D eigenvalue weighted by Gasteiger charge is 2.13. The smallest absolute Gasteiger partial charge is 0.229 e. The Balaban J connectivity index is 2.08. The van der Waals surface area contributed by atoms with Gasteiger partial charge in [0.25, 0.3) is 0 Å². The molecule has 21 heavy (non-hydrogen) atoms. The summed E-state index contributed by atoms with van der Waals surface area (Å²) in [5.74, 6) is 2.10. The summed E-state index contributed by atoms with van der Waals surface area (Å²) in [6.07, 6.45) is 0. The van der Waals surface area contributed by atoms with Crippen LogP contribution in [0.2, 0.25) is 0 Å². The van der Waals surface area contributed by atoms with Gasteiger partial charge in [0.1, 0.15) is 5.75 Å². The molecule has 0 aliphatic rings. The van der Waals surface area contributed by atoms with Crippen molar-refractivity contribution < 1.29 is 9.26 Å². The molecule has 1 aromatic heterocycles. The van der Waals surface area contributed by atoms with Crippen molar-refractivity contribution in [1.29, 1.82) is 0 Å². The first kappa shape index (κ1) is 16.5. The SMILES string of the molecule is CNCc1cc(Br)c(OCc2noc(C(C)C)n2)c(Br)c1. The van der Waals surface area contributed by atoms with Gasteiger partial charge in [0.15, 0.2) is 6.61 Å². The first-order chi connectivity index (χ1) is 10.0. The number of aromatic nitrogens is 2. The van der Waals surface area contributed by atoms with Crippen LogP contribution in [0.15, 0.2) is 25.6 Å². The maximum Gasteiger partial charge on any atom is 0.229 e. The number of ether oxygens (including phenoxy) is 1. The average molecular weight is 419 g/mol. The van der Waals surface area contributed by atoms with Gasteiger partial charge in [-0.15, -0.1) is 0 Å². The van der Waals surface area contributed by atoms with E-state index >= 15 is 0 Å². The molecule has 0 bridgehead atoms. The molecule has 0 atom stereocenters. The van der Waals surface area contributed by atoms with Gasteiger partial charge in [0.2, 0.25) is 11.7 Å². The van der Waals surface area contributed by atoms with Crippen molar-refractivity contribution in [3.05, 3.63) is 38.4 Å². The molecule has 0 radical (unpaired) electrons. The molecule has 7 heteroatoms. The standard InChI is InChI=1S/C14H17Br2N3O2/c1-8(2)14-18-12(19-21-14)7-20-13-10(15)4-9(6-17-3)5-11(13)16/h4-5,8,17H,6-7H2,1-3H3. The number of hydrogen-bond acceptors (Lipinski definition) is 5. The lowest BCUT2D eigenvalue weighted by Crippen LogP contribution is -2.06. The fourth-order valence-electron chi connectivity index (χ4n) is 1.75. The van der Waals surface area contributed by atoms with E-state index in [0.29, 0.717) is 11.7 Å². The van der Waals surface area contributed by atoms with E-state index in [4.69, 9.17) is 9.26 Å². The van der Waals surface area contributed by atoms with Crippen LogP contribution in [-0.4, -0.2) is 17.2 Å². The molecule has 5 nitrogen and oxygen atoms in total. The van der Waals surface area contributed by atoms with Crippen molar-refractivity contribution in [1.82, 2.24) is 15.5 Å². The first-order valence-corrected chi connectivity index (χ1v) is 8.17. The molecule has 0 aliphatic heterocycles. The number of nitrogens with one attached hydrogen (secondary N) is 1. The van der Waals surface area contributed by atoms with E-state index in [1.807, 2.05) is 33.0 Å². The van der Waals surface area contributed by atoms with Crippen LogP contribution in [0, 0.1) is 0 Å². The molecule has 0 amide bonds. The second-order valence-corrected chi connectivity index (χ2v) is 6.62. The second kappa shape index (κ2) is 7.38. The number of benzene rings is 1. The number of hydrogen-bond donors (Lipinski definition) is 1. The normalized spacial score (nSPS) is 11.1. The summed E-state index contributed by atoms with van der Waals surface area (Å²) in [7, 11) is 1.91. The van der Waals surface area contributed by atoms with Crippen LogP contribution < -0.4 is 10.1 Å². The monoisotopic (exact) mass is 417 g/mol. The minimum Gasteiger partial charge on any atom is -0.483 e. The number of halogens is 2. The minimum atomic E-state index is 0.213. The van der Waals surface area contributed by atoms with Gasteiger partial charge in [-0.2, -0.15) is 4.98 Å². The highest BCUT2D eigenvalue weighted by atomic mass is 79.9. The van der Waals surface area contributed by atoms with Crippen LogP contribution in [0.5, 0.6) is 5.75 Å². The molecular weight excluding hydrogens is 402 g/mol. The van der Waals surface area contributed by atoms with Gasteiger partial charge >= 0.3 is 0 Å². The molecule has 1 heterocycles. The molecule has 0 saturated heterocycles. The Labute approximate surface area is 140 Å². The summed E-state index contributed by atoms with van der Waals surface area (Å²) >= 11 is 7.05. The number of rotatable bonds is 6. The van der Waals surface area contributed by atoms with Crippen LogP contribution in [0.25, 0.3) is 0 Å². The van der Waals surface area contributed by atoms with E-state index < -0.39 is 0 Å². The molecule has 0 saturated carbocycles. The predicted octanol–water partition coefficient (Wildman–Crippen LogP) is 4.02. The fraction of sp³-hybridized carbons (Fsp3) is 0.429. The third-order valence-corrected chi connectivity index (χ3v) is 3.94.